The second-order valence-electron chi connectivity index (χ2n) is 4.04. The molecule has 1 rings (SSSR count). The van der Waals surface area contributed by atoms with Crippen molar-refractivity contribution in [2.45, 2.75) is 13.3 Å². The first-order chi connectivity index (χ1) is 9.43. The molecular weight excluding hydrogens is 302 g/mol. The number of hydrogen-bond acceptors (Lipinski definition) is 3. The van der Waals surface area contributed by atoms with Gasteiger partial charge in [0.25, 0.3) is 0 Å². The zero-order valence-corrected chi connectivity index (χ0v) is 12.7. The van der Waals surface area contributed by atoms with Crippen molar-refractivity contribution in [3.63, 3.8) is 0 Å². The van der Waals surface area contributed by atoms with Gasteiger partial charge in [-0.25, -0.2) is 17.9 Å². The van der Waals surface area contributed by atoms with Gasteiger partial charge in [-0.05, 0) is 37.6 Å². The summed E-state index contributed by atoms with van der Waals surface area (Å²) in [4.78, 5) is 11.5. The lowest BCUT2D eigenvalue weighted by Crippen LogP contribution is -2.32. The molecule has 0 saturated carbocycles. The van der Waals surface area contributed by atoms with Crippen molar-refractivity contribution in [3.8, 4) is 0 Å². The third-order valence-corrected chi connectivity index (χ3v) is 4.10. The average Bonchev–Trinajstić information content (AvgIpc) is 2.41. The molecule has 0 aliphatic rings. The number of benzene rings is 1. The number of hydrogen-bond donors (Lipinski definition) is 3. The Labute approximate surface area is 123 Å². The summed E-state index contributed by atoms with van der Waals surface area (Å²) in [5, 5.41) is 5.87. The van der Waals surface area contributed by atoms with E-state index in [0.29, 0.717) is 30.2 Å². The summed E-state index contributed by atoms with van der Waals surface area (Å²) in [6.07, 6.45) is 0.521. The van der Waals surface area contributed by atoms with E-state index < -0.39 is 10.0 Å². The largest absolute Gasteiger partial charge is 0.338 e. The van der Waals surface area contributed by atoms with Gasteiger partial charge in [-0.3, -0.25) is 0 Å². The van der Waals surface area contributed by atoms with E-state index in [0.717, 1.165) is 0 Å². The summed E-state index contributed by atoms with van der Waals surface area (Å²) >= 11 is 5.73. The van der Waals surface area contributed by atoms with E-state index in [9.17, 15) is 13.2 Å². The van der Waals surface area contributed by atoms with E-state index in [1.54, 1.807) is 31.2 Å². The molecule has 0 atom stereocenters. The third-order valence-electron chi connectivity index (χ3n) is 2.44. The summed E-state index contributed by atoms with van der Waals surface area (Å²) in [6, 6.07) is 6.40. The van der Waals surface area contributed by atoms with Gasteiger partial charge in [-0.1, -0.05) is 11.6 Å². The van der Waals surface area contributed by atoms with Gasteiger partial charge in [0.15, 0.2) is 0 Å². The zero-order chi connectivity index (χ0) is 15.0. The van der Waals surface area contributed by atoms with Crippen molar-refractivity contribution in [3.05, 3.63) is 29.3 Å². The second-order valence-corrected chi connectivity index (χ2v) is 6.57. The molecule has 8 heteroatoms. The summed E-state index contributed by atoms with van der Waals surface area (Å²) in [5.41, 5.74) is 0.638. The number of anilines is 1. The Morgan fingerprint density at radius 2 is 1.85 bits per heavy atom. The van der Waals surface area contributed by atoms with Gasteiger partial charge < -0.3 is 10.6 Å². The predicted octanol–water partition coefficient (Wildman–Crippen LogP) is 1.79. The fraction of sp³-hybridized carbons (Fsp3) is 0.417. The maximum atomic E-state index is 11.5. The molecule has 0 bridgehead atoms. The van der Waals surface area contributed by atoms with Crippen LogP contribution in [0.3, 0.4) is 0 Å². The van der Waals surface area contributed by atoms with Crippen LogP contribution in [0.25, 0.3) is 0 Å². The number of sulfonamides is 1. The highest BCUT2D eigenvalue weighted by atomic mass is 35.5. The number of carbonyl (C=O) groups is 1. The topological polar surface area (TPSA) is 87.3 Å². The van der Waals surface area contributed by atoms with Gasteiger partial charge in [0.2, 0.25) is 10.0 Å². The normalized spacial score (nSPS) is 11.1. The second kappa shape index (κ2) is 8.08. The van der Waals surface area contributed by atoms with E-state index in [1.807, 2.05) is 0 Å². The van der Waals surface area contributed by atoms with Gasteiger partial charge in [-0.15, -0.1) is 0 Å². The van der Waals surface area contributed by atoms with E-state index >= 15 is 0 Å². The summed E-state index contributed by atoms with van der Waals surface area (Å²) in [6.45, 7) is 2.25. The number of rotatable bonds is 7. The van der Waals surface area contributed by atoms with E-state index in [1.165, 1.54) is 0 Å². The maximum Gasteiger partial charge on any atom is 0.319 e. The molecule has 0 aromatic heterocycles. The van der Waals surface area contributed by atoms with Crippen LogP contribution in [0.2, 0.25) is 5.02 Å². The first kappa shape index (κ1) is 16.7. The fourth-order valence-electron chi connectivity index (χ4n) is 1.33. The molecule has 0 fully saturated rings. The highest BCUT2D eigenvalue weighted by molar-refractivity contribution is 7.89. The third kappa shape index (κ3) is 6.74. The number of halogens is 1. The van der Waals surface area contributed by atoms with Gasteiger partial charge in [0.05, 0.1) is 5.75 Å². The highest BCUT2D eigenvalue weighted by Gasteiger charge is 2.05. The molecule has 0 aliphatic carbocycles. The van der Waals surface area contributed by atoms with Crippen molar-refractivity contribution in [2.75, 3.05) is 24.2 Å². The van der Waals surface area contributed by atoms with Crippen LogP contribution in [0, 0.1) is 0 Å². The van der Waals surface area contributed by atoms with E-state index in [-0.39, 0.29) is 11.8 Å². The van der Waals surface area contributed by atoms with Gasteiger partial charge in [-0.2, -0.15) is 0 Å². The summed E-state index contributed by atoms with van der Waals surface area (Å²) < 4.78 is 24.7. The van der Waals surface area contributed by atoms with Crippen LogP contribution in [-0.2, 0) is 10.0 Å². The molecule has 0 radical (unpaired) electrons. The van der Waals surface area contributed by atoms with E-state index in [2.05, 4.69) is 15.4 Å². The van der Waals surface area contributed by atoms with Gasteiger partial charge in [0.1, 0.15) is 0 Å². The monoisotopic (exact) mass is 319 g/mol. The molecule has 6 nitrogen and oxygen atoms in total. The molecule has 0 heterocycles. The Kier molecular flexibility index (Phi) is 6.77. The van der Waals surface area contributed by atoms with Crippen LogP contribution in [0.1, 0.15) is 13.3 Å². The van der Waals surface area contributed by atoms with Crippen LogP contribution < -0.4 is 15.4 Å². The molecule has 1 aromatic rings. The van der Waals surface area contributed by atoms with Crippen molar-refractivity contribution in [2.24, 2.45) is 0 Å². The van der Waals surface area contributed by atoms with Crippen molar-refractivity contribution < 1.29 is 13.2 Å². The Hall–Kier alpha value is -1.31. The Bertz CT molecular complexity index is 531. The van der Waals surface area contributed by atoms with E-state index in [4.69, 9.17) is 11.6 Å². The molecule has 0 saturated heterocycles. The van der Waals surface area contributed by atoms with Crippen LogP contribution in [0.15, 0.2) is 24.3 Å². The number of nitrogens with one attached hydrogen (secondary N) is 3. The summed E-state index contributed by atoms with van der Waals surface area (Å²) in [5.74, 6) is 0.0531. The van der Waals surface area contributed by atoms with Gasteiger partial charge >= 0.3 is 6.03 Å². The quantitative estimate of drug-likeness (QED) is 0.670. The SMILES string of the molecule is CCS(=O)(=O)NCCCNC(=O)Nc1ccc(Cl)cc1. The molecule has 20 heavy (non-hydrogen) atoms. The Balaban J connectivity index is 2.19. The Morgan fingerprint density at radius 1 is 1.20 bits per heavy atom. The lowest BCUT2D eigenvalue weighted by atomic mass is 10.3. The fourth-order valence-corrected chi connectivity index (χ4v) is 2.11. The first-order valence-electron chi connectivity index (χ1n) is 6.20. The molecule has 0 unspecified atom stereocenters. The zero-order valence-electron chi connectivity index (χ0n) is 11.1. The average molecular weight is 320 g/mol. The minimum atomic E-state index is -3.16. The molecule has 0 aliphatic heterocycles. The van der Waals surface area contributed by atoms with Gasteiger partial charge in [0, 0.05) is 23.8 Å². The minimum Gasteiger partial charge on any atom is -0.338 e. The number of urea groups is 1. The number of carbonyl (C=O) groups excluding carboxylic acids is 1. The molecular formula is C12H18ClN3O3S. The van der Waals surface area contributed by atoms with Crippen LogP contribution in [0.4, 0.5) is 10.5 Å². The molecule has 0 spiro atoms. The number of amides is 2. The Morgan fingerprint density at radius 3 is 2.45 bits per heavy atom. The lowest BCUT2D eigenvalue weighted by Gasteiger charge is -2.08. The molecule has 3 N–H and O–H groups in total. The standard InChI is InChI=1S/C12H18ClN3O3S/c1-2-20(18,19)15-9-3-8-14-12(17)16-11-6-4-10(13)5-7-11/h4-7,15H,2-3,8-9H2,1H3,(H2,14,16,17). The van der Waals surface area contributed by atoms with Crippen LogP contribution >= 0.6 is 11.6 Å². The lowest BCUT2D eigenvalue weighted by molar-refractivity contribution is 0.252. The van der Waals surface area contributed by atoms with Crippen molar-refractivity contribution in [1.82, 2.24) is 10.0 Å². The molecule has 112 valence electrons. The van der Waals surface area contributed by atoms with Crippen LogP contribution in [0.5, 0.6) is 0 Å². The molecule has 2 amide bonds. The molecule has 1 aromatic carbocycles. The van der Waals surface area contributed by atoms with Crippen LogP contribution in [-0.4, -0.2) is 33.3 Å². The van der Waals surface area contributed by atoms with Crippen molar-refractivity contribution in [1.29, 1.82) is 0 Å². The minimum absolute atomic E-state index is 0.0531. The van der Waals surface area contributed by atoms with Crippen molar-refractivity contribution >= 4 is 33.3 Å². The predicted molar refractivity (Wildman–Crippen MR) is 80.6 cm³/mol. The smallest absolute Gasteiger partial charge is 0.319 e. The highest BCUT2D eigenvalue weighted by Crippen LogP contribution is 2.12. The maximum absolute atomic E-state index is 11.5. The first-order valence-corrected chi connectivity index (χ1v) is 8.24. The summed E-state index contributed by atoms with van der Waals surface area (Å²) in [7, 11) is -3.16.